The highest BCUT2D eigenvalue weighted by Crippen LogP contribution is 2.18. The summed E-state index contributed by atoms with van der Waals surface area (Å²) < 4.78 is 9.21. The van der Waals surface area contributed by atoms with Crippen LogP contribution in [0.1, 0.15) is 5.56 Å². The van der Waals surface area contributed by atoms with Gasteiger partial charge in [-0.05, 0) is 6.07 Å². The Morgan fingerprint density at radius 2 is 2.15 bits per heavy atom. The molecule has 3 heteroatoms. The van der Waals surface area contributed by atoms with Gasteiger partial charge in [-0.1, -0.05) is 30.9 Å². The van der Waals surface area contributed by atoms with Crippen LogP contribution >= 0.6 is 0 Å². The molecule has 0 spiro atoms. The topological polar surface area (TPSA) is 35.5 Å². The zero-order chi connectivity index (χ0) is 9.68. The lowest BCUT2D eigenvalue weighted by Crippen LogP contribution is -2.07. The lowest BCUT2D eigenvalue weighted by molar-refractivity contribution is 0.121. The molecule has 3 nitrogen and oxygen atoms in total. The molecule has 0 bridgehead atoms. The molecule has 1 rings (SSSR count). The molecule has 13 heavy (non-hydrogen) atoms. The summed E-state index contributed by atoms with van der Waals surface area (Å²) in [5.74, 6) is 0.448. The smallest absolute Gasteiger partial charge is 0.437 e. The predicted molar refractivity (Wildman–Crippen MR) is 49.6 cm³/mol. The highest BCUT2D eigenvalue weighted by atomic mass is 16.7. The van der Waals surface area contributed by atoms with Gasteiger partial charge in [-0.3, -0.25) is 0 Å². The van der Waals surface area contributed by atoms with Gasteiger partial charge in [-0.25, -0.2) is 4.79 Å². The molecule has 0 fully saturated rings. The number of carbonyl (C=O) groups is 1. The fraction of sp³-hybridized carbons (Fsp3) is 0.100. The lowest BCUT2D eigenvalue weighted by Gasteiger charge is -2.04. The minimum Gasteiger partial charge on any atom is -0.437 e. The minimum atomic E-state index is -0.728. The Hall–Kier alpha value is -1.77. The van der Waals surface area contributed by atoms with Crippen molar-refractivity contribution in [3.8, 4) is 5.75 Å². The zero-order valence-corrected chi connectivity index (χ0v) is 7.32. The van der Waals surface area contributed by atoms with Crippen LogP contribution in [0.2, 0.25) is 0 Å². The van der Waals surface area contributed by atoms with E-state index in [2.05, 4.69) is 11.3 Å². The van der Waals surface area contributed by atoms with Crippen molar-refractivity contribution >= 4 is 12.2 Å². The van der Waals surface area contributed by atoms with Gasteiger partial charge in [0, 0.05) is 5.56 Å². The Morgan fingerprint density at radius 3 is 2.77 bits per heavy atom. The molecule has 68 valence electrons. The van der Waals surface area contributed by atoms with Crippen molar-refractivity contribution in [3.05, 3.63) is 36.4 Å². The SMILES string of the molecule is C=Cc1ccccc1OC(=O)OC. The highest BCUT2D eigenvalue weighted by molar-refractivity contribution is 5.67. The van der Waals surface area contributed by atoms with Crippen LogP contribution in [0.4, 0.5) is 4.79 Å². The van der Waals surface area contributed by atoms with Crippen LogP contribution in [0, 0.1) is 0 Å². The maximum Gasteiger partial charge on any atom is 0.513 e. The fourth-order valence-corrected chi connectivity index (χ4v) is 0.874. The second-order valence-corrected chi connectivity index (χ2v) is 2.30. The second kappa shape index (κ2) is 4.30. The molecule has 0 amide bonds. The monoisotopic (exact) mass is 178 g/mol. The van der Waals surface area contributed by atoms with E-state index in [9.17, 15) is 4.79 Å². The van der Waals surface area contributed by atoms with Gasteiger partial charge in [0.25, 0.3) is 0 Å². The number of carbonyl (C=O) groups excluding carboxylic acids is 1. The number of benzene rings is 1. The van der Waals surface area contributed by atoms with Crippen molar-refractivity contribution in [2.24, 2.45) is 0 Å². The number of rotatable bonds is 2. The number of hydrogen-bond donors (Lipinski definition) is 0. The maximum atomic E-state index is 10.8. The number of methoxy groups -OCH3 is 1. The normalized spacial score (nSPS) is 9.00. The van der Waals surface area contributed by atoms with E-state index in [1.807, 2.05) is 6.07 Å². The standard InChI is InChI=1S/C10H10O3/c1-3-8-6-4-5-7-9(8)13-10(11)12-2/h3-7H,1H2,2H3. The van der Waals surface area contributed by atoms with Crippen LogP contribution in [-0.4, -0.2) is 13.3 Å². The molecule has 0 aromatic heterocycles. The van der Waals surface area contributed by atoms with E-state index in [0.29, 0.717) is 5.75 Å². The van der Waals surface area contributed by atoms with Gasteiger partial charge in [0.1, 0.15) is 5.75 Å². The first-order valence-corrected chi connectivity index (χ1v) is 3.75. The van der Waals surface area contributed by atoms with E-state index in [4.69, 9.17) is 4.74 Å². The molecule has 0 aliphatic rings. The summed E-state index contributed by atoms with van der Waals surface area (Å²) in [5, 5.41) is 0. The van der Waals surface area contributed by atoms with Gasteiger partial charge < -0.3 is 9.47 Å². The second-order valence-electron chi connectivity index (χ2n) is 2.30. The molecule has 0 heterocycles. The van der Waals surface area contributed by atoms with Gasteiger partial charge in [0.2, 0.25) is 0 Å². The van der Waals surface area contributed by atoms with E-state index < -0.39 is 6.16 Å². The third-order valence-electron chi connectivity index (χ3n) is 1.50. The van der Waals surface area contributed by atoms with Crippen LogP contribution in [0.3, 0.4) is 0 Å². The van der Waals surface area contributed by atoms with E-state index in [1.54, 1.807) is 24.3 Å². The van der Waals surface area contributed by atoms with Gasteiger partial charge in [-0.2, -0.15) is 0 Å². The largest absolute Gasteiger partial charge is 0.513 e. The number of para-hydroxylation sites is 1. The van der Waals surface area contributed by atoms with E-state index in [1.165, 1.54) is 7.11 Å². The molecule has 0 aliphatic heterocycles. The van der Waals surface area contributed by atoms with E-state index >= 15 is 0 Å². The molecule has 0 unspecified atom stereocenters. The van der Waals surface area contributed by atoms with Gasteiger partial charge >= 0.3 is 6.16 Å². The van der Waals surface area contributed by atoms with E-state index in [0.717, 1.165) is 5.56 Å². The first kappa shape index (κ1) is 9.32. The van der Waals surface area contributed by atoms with Crippen LogP contribution in [0.15, 0.2) is 30.8 Å². The molecule has 0 N–H and O–H groups in total. The number of ether oxygens (including phenoxy) is 2. The highest BCUT2D eigenvalue weighted by Gasteiger charge is 2.05. The van der Waals surface area contributed by atoms with E-state index in [-0.39, 0.29) is 0 Å². The summed E-state index contributed by atoms with van der Waals surface area (Å²) in [7, 11) is 1.26. The van der Waals surface area contributed by atoms with Crippen molar-refractivity contribution in [1.29, 1.82) is 0 Å². The van der Waals surface area contributed by atoms with Crippen molar-refractivity contribution in [1.82, 2.24) is 0 Å². The van der Waals surface area contributed by atoms with Gasteiger partial charge in [0.05, 0.1) is 7.11 Å². The van der Waals surface area contributed by atoms with Crippen molar-refractivity contribution in [2.45, 2.75) is 0 Å². The lowest BCUT2D eigenvalue weighted by atomic mass is 10.2. The van der Waals surface area contributed by atoms with Crippen LogP contribution in [0.25, 0.3) is 6.08 Å². The maximum absolute atomic E-state index is 10.8. The first-order valence-electron chi connectivity index (χ1n) is 3.75. The average molecular weight is 178 g/mol. The van der Waals surface area contributed by atoms with Gasteiger partial charge in [-0.15, -0.1) is 0 Å². The zero-order valence-electron chi connectivity index (χ0n) is 7.32. The molecule has 0 radical (unpaired) electrons. The first-order chi connectivity index (χ1) is 6.27. The molecule has 1 aromatic rings. The molecular formula is C10H10O3. The van der Waals surface area contributed by atoms with Crippen molar-refractivity contribution < 1.29 is 14.3 Å². The Labute approximate surface area is 76.6 Å². The molecule has 0 saturated heterocycles. The molecule has 0 saturated carbocycles. The molecule has 1 aromatic carbocycles. The third-order valence-corrected chi connectivity index (χ3v) is 1.50. The number of hydrogen-bond acceptors (Lipinski definition) is 3. The molecule has 0 aliphatic carbocycles. The van der Waals surface area contributed by atoms with Crippen molar-refractivity contribution in [2.75, 3.05) is 7.11 Å². The minimum absolute atomic E-state index is 0.448. The fourth-order valence-electron chi connectivity index (χ4n) is 0.874. The summed E-state index contributed by atoms with van der Waals surface area (Å²) in [6, 6.07) is 7.08. The van der Waals surface area contributed by atoms with Crippen LogP contribution < -0.4 is 4.74 Å². The Kier molecular flexibility index (Phi) is 3.09. The Morgan fingerprint density at radius 1 is 1.46 bits per heavy atom. The summed E-state index contributed by atoms with van der Waals surface area (Å²) in [5.41, 5.74) is 0.757. The third kappa shape index (κ3) is 2.33. The molecule has 0 atom stereocenters. The Balaban J connectivity index is 2.87. The quantitative estimate of drug-likeness (QED) is 0.515. The summed E-state index contributed by atoms with van der Waals surface area (Å²) in [6.07, 6.45) is 0.882. The van der Waals surface area contributed by atoms with Gasteiger partial charge in [0.15, 0.2) is 0 Å². The van der Waals surface area contributed by atoms with Crippen molar-refractivity contribution in [3.63, 3.8) is 0 Å². The van der Waals surface area contributed by atoms with Crippen LogP contribution in [-0.2, 0) is 4.74 Å². The summed E-state index contributed by atoms with van der Waals surface area (Å²) in [4.78, 5) is 10.8. The summed E-state index contributed by atoms with van der Waals surface area (Å²) >= 11 is 0. The predicted octanol–water partition coefficient (Wildman–Crippen LogP) is 2.47. The molecular weight excluding hydrogens is 168 g/mol. The van der Waals surface area contributed by atoms with Crippen LogP contribution in [0.5, 0.6) is 5.75 Å². The average Bonchev–Trinajstić information content (AvgIpc) is 2.18. The Bertz CT molecular complexity index is 318. The summed E-state index contributed by atoms with van der Waals surface area (Å²) in [6.45, 7) is 3.59.